The minimum atomic E-state index is -0.0972. The predicted octanol–water partition coefficient (Wildman–Crippen LogP) is 3.04. The number of aromatic nitrogens is 2. The molecular weight excluding hydrogens is 290 g/mol. The summed E-state index contributed by atoms with van der Waals surface area (Å²) in [7, 11) is 0. The first-order chi connectivity index (χ1) is 11.2. The molecule has 5 heteroatoms. The maximum Gasteiger partial charge on any atom is 0.224 e. The Kier molecular flexibility index (Phi) is 4.39. The summed E-state index contributed by atoms with van der Waals surface area (Å²) in [5.74, 6) is -0.0972. The molecule has 23 heavy (non-hydrogen) atoms. The Bertz CT molecular complexity index is 839. The molecule has 1 aromatic heterocycles. The molecule has 0 aliphatic carbocycles. The Hall–Kier alpha value is -2.66. The lowest BCUT2D eigenvalue weighted by atomic mass is 10.2. The largest absolute Gasteiger partial charge is 0.396 e. The van der Waals surface area contributed by atoms with Crippen LogP contribution in [0.15, 0.2) is 48.7 Å². The van der Waals surface area contributed by atoms with E-state index in [1.54, 1.807) is 0 Å². The molecule has 5 nitrogen and oxygen atoms in total. The molecule has 0 unspecified atom stereocenters. The molecule has 2 N–H and O–H groups in total. The van der Waals surface area contributed by atoms with Gasteiger partial charge in [-0.3, -0.25) is 4.79 Å². The summed E-state index contributed by atoms with van der Waals surface area (Å²) in [6, 6.07) is 13.8. The number of nitrogens with zero attached hydrogens (tertiary/aromatic N) is 2. The van der Waals surface area contributed by atoms with E-state index >= 15 is 0 Å². The second-order valence-corrected chi connectivity index (χ2v) is 5.54. The highest BCUT2D eigenvalue weighted by Crippen LogP contribution is 2.22. The number of rotatable bonds is 5. The van der Waals surface area contributed by atoms with Crippen molar-refractivity contribution in [3.05, 3.63) is 54.2 Å². The molecule has 2 aromatic carbocycles. The number of hydrogen-bond donors (Lipinski definition) is 2. The van der Waals surface area contributed by atoms with Crippen molar-refractivity contribution in [2.75, 3.05) is 11.9 Å². The zero-order chi connectivity index (χ0) is 16.2. The fraction of sp³-hybridized carbons (Fsp3) is 0.222. The monoisotopic (exact) mass is 309 g/mol. The van der Waals surface area contributed by atoms with Crippen molar-refractivity contribution in [3.63, 3.8) is 0 Å². The summed E-state index contributed by atoms with van der Waals surface area (Å²) in [6.45, 7) is 2.06. The van der Waals surface area contributed by atoms with Crippen molar-refractivity contribution in [2.45, 2.75) is 19.8 Å². The highest BCUT2D eigenvalue weighted by atomic mass is 16.3. The molecule has 3 aromatic rings. The lowest BCUT2D eigenvalue weighted by Crippen LogP contribution is -2.11. The number of hydrogen-bond acceptors (Lipinski definition) is 3. The highest BCUT2D eigenvalue weighted by molar-refractivity contribution is 5.93. The molecule has 0 spiro atoms. The summed E-state index contributed by atoms with van der Waals surface area (Å²) in [6.07, 6.45) is 2.59. The van der Waals surface area contributed by atoms with Gasteiger partial charge < -0.3 is 10.4 Å². The van der Waals surface area contributed by atoms with E-state index in [0.29, 0.717) is 12.8 Å². The zero-order valence-corrected chi connectivity index (χ0v) is 13.0. The molecule has 118 valence electrons. The molecule has 0 saturated carbocycles. The summed E-state index contributed by atoms with van der Waals surface area (Å²) < 4.78 is 1.87. The van der Waals surface area contributed by atoms with Gasteiger partial charge >= 0.3 is 0 Å². The lowest BCUT2D eigenvalue weighted by Gasteiger charge is -2.07. The Labute approximate surface area is 134 Å². The standard InChI is InChI=1S/C18H19N3O2/c1-13-4-2-5-16(10-13)21-17-11-15(8-7-14(17)12-19-21)20-18(23)6-3-9-22/h2,4-5,7-8,10-12,22H,3,6,9H2,1H3,(H,20,23). The smallest absolute Gasteiger partial charge is 0.224 e. The van der Waals surface area contributed by atoms with E-state index in [2.05, 4.69) is 16.5 Å². The van der Waals surface area contributed by atoms with Gasteiger partial charge in [-0.2, -0.15) is 5.10 Å². The third-order valence-corrected chi connectivity index (χ3v) is 3.66. The number of nitrogens with one attached hydrogen (secondary N) is 1. The number of aryl methyl sites for hydroxylation is 1. The molecule has 0 saturated heterocycles. The second-order valence-electron chi connectivity index (χ2n) is 5.54. The Morgan fingerprint density at radius 2 is 2.13 bits per heavy atom. The highest BCUT2D eigenvalue weighted by Gasteiger charge is 2.08. The molecule has 0 aliphatic heterocycles. The van der Waals surface area contributed by atoms with Gasteiger partial charge in [0.15, 0.2) is 0 Å². The Morgan fingerprint density at radius 1 is 1.26 bits per heavy atom. The number of aliphatic hydroxyl groups excluding tert-OH is 1. The molecule has 0 aliphatic rings. The van der Waals surface area contributed by atoms with Crippen molar-refractivity contribution >= 4 is 22.5 Å². The first kappa shape index (κ1) is 15.2. The van der Waals surface area contributed by atoms with Gasteiger partial charge in [0, 0.05) is 24.1 Å². The lowest BCUT2D eigenvalue weighted by molar-refractivity contribution is -0.116. The molecule has 0 bridgehead atoms. The van der Waals surface area contributed by atoms with Crippen LogP contribution in [-0.4, -0.2) is 27.4 Å². The van der Waals surface area contributed by atoms with Crippen molar-refractivity contribution in [2.24, 2.45) is 0 Å². The van der Waals surface area contributed by atoms with Gasteiger partial charge in [-0.05, 0) is 49.2 Å². The number of aliphatic hydroxyl groups is 1. The summed E-state index contributed by atoms with van der Waals surface area (Å²) in [5.41, 5.74) is 3.83. The van der Waals surface area contributed by atoms with E-state index in [-0.39, 0.29) is 12.5 Å². The predicted molar refractivity (Wildman–Crippen MR) is 90.8 cm³/mol. The molecule has 1 amide bonds. The molecule has 0 fully saturated rings. The van der Waals surface area contributed by atoms with Crippen LogP contribution >= 0.6 is 0 Å². The molecular formula is C18H19N3O2. The number of anilines is 1. The van der Waals surface area contributed by atoms with E-state index < -0.39 is 0 Å². The second kappa shape index (κ2) is 6.62. The molecule has 3 rings (SSSR count). The first-order valence-electron chi connectivity index (χ1n) is 7.63. The molecule has 0 atom stereocenters. The van der Waals surface area contributed by atoms with Gasteiger partial charge in [0.2, 0.25) is 5.91 Å². The third-order valence-electron chi connectivity index (χ3n) is 3.66. The Morgan fingerprint density at radius 3 is 2.91 bits per heavy atom. The average Bonchev–Trinajstić information content (AvgIpc) is 2.96. The van der Waals surface area contributed by atoms with Crippen LogP contribution in [0, 0.1) is 6.92 Å². The summed E-state index contributed by atoms with van der Waals surface area (Å²) in [5, 5.41) is 17.1. The SMILES string of the molecule is Cc1cccc(-n2ncc3ccc(NC(=O)CCCO)cc32)c1. The van der Waals surface area contributed by atoms with Gasteiger partial charge in [-0.25, -0.2) is 4.68 Å². The van der Waals surface area contributed by atoms with Crippen molar-refractivity contribution in [1.82, 2.24) is 9.78 Å². The number of fused-ring (bicyclic) bond motifs is 1. The van der Waals surface area contributed by atoms with Crippen LogP contribution < -0.4 is 5.32 Å². The van der Waals surface area contributed by atoms with Gasteiger partial charge in [-0.1, -0.05) is 12.1 Å². The van der Waals surface area contributed by atoms with Crippen molar-refractivity contribution < 1.29 is 9.90 Å². The maximum absolute atomic E-state index is 11.8. The minimum absolute atomic E-state index is 0.0204. The molecule has 0 radical (unpaired) electrons. The minimum Gasteiger partial charge on any atom is -0.396 e. The molecule has 1 heterocycles. The Balaban J connectivity index is 1.92. The van der Waals surface area contributed by atoms with Gasteiger partial charge in [0.25, 0.3) is 0 Å². The number of amides is 1. The maximum atomic E-state index is 11.8. The fourth-order valence-electron chi connectivity index (χ4n) is 2.52. The normalized spacial score (nSPS) is 10.9. The van der Waals surface area contributed by atoms with E-state index in [1.165, 1.54) is 5.56 Å². The van der Waals surface area contributed by atoms with Crippen molar-refractivity contribution in [3.8, 4) is 5.69 Å². The average molecular weight is 309 g/mol. The van der Waals surface area contributed by atoms with E-state index in [4.69, 9.17) is 5.11 Å². The zero-order valence-electron chi connectivity index (χ0n) is 13.0. The van der Waals surface area contributed by atoms with Gasteiger partial charge in [-0.15, -0.1) is 0 Å². The van der Waals surface area contributed by atoms with Crippen LogP contribution in [0.1, 0.15) is 18.4 Å². The van der Waals surface area contributed by atoms with Gasteiger partial charge in [0.1, 0.15) is 0 Å². The summed E-state index contributed by atoms with van der Waals surface area (Å²) in [4.78, 5) is 11.8. The third kappa shape index (κ3) is 3.40. The van der Waals surface area contributed by atoms with Crippen LogP contribution in [-0.2, 0) is 4.79 Å². The van der Waals surface area contributed by atoms with Crippen LogP contribution in [0.3, 0.4) is 0 Å². The number of benzene rings is 2. The van der Waals surface area contributed by atoms with Crippen LogP contribution in [0.2, 0.25) is 0 Å². The summed E-state index contributed by atoms with van der Waals surface area (Å²) >= 11 is 0. The topological polar surface area (TPSA) is 67.2 Å². The van der Waals surface area contributed by atoms with Crippen LogP contribution in [0.4, 0.5) is 5.69 Å². The van der Waals surface area contributed by atoms with Crippen molar-refractivity contribution in [1.29, 1.82) is 0 Å². The van der Waals surface area contributed by atoms with Crippen LogP contribution in [0.5, 0.6) is 0 Å². The fourth-order valence-corrected chi connectivity index (χ4v) is 2.52. The number of carbonyl (C=O) groups is 1. The van der Waals surface area contributed by atoms with E-state index in [0.717, 1.165) is 22.3 Å². The quantitative estimate of drug-likeness (QED) is 0.761. The van der Waals surface area contributed by atoms with Gasteiger partial charge in [0.05, 0.1) is 17.4 Å². The van der Waals surface area contributed by atoms with E-state index in [1.807, 2.05) is 54.2 Å². The van der Waals surface area contributed by atoms with E-state index in [9.17, 15) is 4.79 Å². The van der Waals surface area contributed by atoms with Crippen LogP contribution in [0.25, 0.3) is 16.6 Å². The number of carbonyl (C=O) groups excluding carboxylic acids is 1. The first-order valence-corrected chi connectivity index (χ1v) is 7.63.